The molecule has 3 rings (SSSR count). The number of piperazine rings is 1. The van der Waals surface area contributed by atoms with Crippen molar-refractivity contribution in [2.24, 2.45) is 0 Å². The van der Waals surface area contributed by atoms with E-state index in [1.807, 2.05) is 16.4 Å². The second kappa shape index (κ2) is 7.71. The minimum atomic E-state index is -0.0311. The van der Waals surface area contributed by atoms with Crippen molar-refractivity contribution in [2.45, 2.75) is 19.9 Å². The van der Waals surface area contributed by atoms with Gasteiger partial charge in [-0.15, -0.1) is 10.2 Å². The fourth-order valence-corrected chi connectivity index (χ4v) is 2.72. The van der Waals surface area contributed by atoms with Gasteiger partial charge < -0.3 is 19.7 Å². The lowest BCUT2D eigenvalue weighted by Gasteiger charge is -2.35. The van der Waals surface area contributed by atoms with Crippen LogP contribution in [0, 0.1) is 0 Å². The molecule has 128 valence electrons. The standard InChI is InChI=1S/C15H22N8O/c1-2-21-12-19-20-13(21)3-4-18-15(24)23-9-7-22(8-10-23)14-11-16-5-6-17-14/h5-6,11-12H,2-4,7-10H2,1H3,(H,18,24). The first kappa shape index (κ1) is 16.2. The van der Waals surface area contributed by atoms with Gasteiger partial charge in [-0.1, -0.05) is 0 Å². The monoisotopic (exact) mass is 330 g/mol. The molecule has 0 aliphatic carbocycles. The van der Waals surface area contributed by atoms with Crippen molar-refractivity contribution < 1.29 is 4.79 Å². The molecule has 0 atom stereocenters. The molecule has 0 bridgehead atoms. The van der Waals surface area contributed by atoms with Crippen LogP contribution in [-0.2, 0) is 13.0 Å². The van der Waals surface area contributed by atoms with Crippen molar-refractivity contribution >= 4 is 11.8 Å². The molecular weight excluding hydrogens is 308 g/mol. The third-order valence-corrected chi connectivity index (χ3v) is 4.10. The van der Waals surface area contributed by atoms with Crippen LogP contribution in [0.1, 0.15) is 12.7 Å². The summed E-state index contributed by atoms with van der Waals surface area (Å²) in [5, 5.41) is 10.9. The molecule has 3 heterocycles. The summed E-state index contributed by atoms with van der Waals surface area (Å²) in [6, 6.07) is -0.0311. The van der Waals surface area contributed by atoms with E-state index in [0.717, 1.165) is 31.3 Å². The number of carbonyl (C=O) groups is 1. The Morgan fingerprint density at radius 3 is 2.79 bits per heavy atom. The highest BCUT2D eigenvalue weighted by Crippen LogP contribution is 2.11. The quantitative estimate of drug-likeness (QED) is 0.840. The lowest BCUT2D eigenvalue weighted by atomic mass is 10.3. The summed E-state index contributed by atoms with van der Waals surface area (Å²) in [4.78, 5) is 24.6. The summed E-state index contributed by atoms with van der Waals surface area (Å²) >= 11 is 0. The molecular formula is C15H22N8O. The lowest BCUT2D eigenvalue weighted by molar-refractivity contribution is 0.194. The molecule has 0 aromatic carbocycles. The zero-order valence-corrected chi connectivity index (χ0v) is 13.8. The van der Waals surface area contributed by atoms with Gasteiger partial charge in [-0.2, -0.15) is 0 Å². The van der Waals surface area contributed by atoms with Gasteiger partial charge >= 0.3 is 6.03 Å². The van der Waals surface area contributed by atoms with E-state index in [2.05, 4.69) is 30.4 Å². The van der Waals surface area contributed by atoms with Gasteiger partial charge in [-0.3, -0.25) is 4.98 Å². The van der Waals surface area contributed by atoms with Crippen LogP contribution in [0.25, 0.3) is 0 Å². The Morgan fingerprint density at radius 1 is 1.25 bits per heavy atom. The van der Waals surface area contributed by atoms with E-state index >= 15 is 0 Å². The zero-order chi connectivity index (χ0) is 16.8. The van der Waals surface area contributed by atoms with E-state index in [-0.39, 0.29) is 6.03 Å². The molecule has 9 nitrogen and oxygen atoms in total. The van der Waals surface area contributed by atoms with Crippen molar-refractivity contribution in [1.29, 1.82) is 0 Å². The highest BCUT2D eigenvalue weighted by Gasteiger charge is 2.21. The highest BCUT2D eigenvalue weighted by atomic mass is 16.2. The van der Waals surface area contributed by atoms with Crippen molar-refractivity contribution in [3.8, 4) is 0 Å². The Kier molecular flexibility index (Phi) is 5.19. The third-order valence-electron chi connectivity index (χ3n) is 4.10. The number of aromatic nitrogens is 5. The normalized spacial score (nSPS) is 14.7. The smallest absolute Gasteiger partial charge is 0.317 e. The number of anilines is 1. The molecule has 9 heteroatoms. The number of urea groups is 1. The molecule has 1 N–H and O–H groups in total. The van der Waals surface area contributed by atoms with Crippen LogP contribution in [0.5, 0.6) is 0 Å². The molecule has 24 heavy (non-hydrogen) atoms. The Labute approximate surface area is 140 Å². The number of rotatable bonds is 5. The summed E-state index contributed by atoms with van der Waals surface area (Å²) in [6.45, 7) is 6.30. The van der Waals surface area contributed by atoms with Gasteiger partial charge in [0, 0.05) is 58.1 Å². The maximum atomic E-state index is 12.2. The van der Waals surface area contributed by atoms with Crippen LogP contribution in [0.4, 0.5) is 10.6 Å². The Morgan fingerprint density at radius 2 is 2.08 bits per heavy atom. The van der Waals surface area contributed by atoms with Crippen LogP contribution in [0.2, 0.25) is 0 Å². The van der Waals surface area contributed by atoms with Crippen molar-refractivity contribution in [3.05, 3.63) is 30.7 Å². The summed E-state index contributed by atoms with van der Waals surface area (Å²) in [5.74, 6) is 1.75. The predicted molar refractivity (Wildman–Crippen MR) is 88.6 cm³/mol. The SMILES string of the molecule is CCn1cnnc1CCNC(=O)N1CCN(c2cnccn2)CC1. The summed E-state index contributed by atoms with van der Waals surface area (Å²) < 4.78 is 1.98. The van der Waals surface area contributed by atoms with Crippen molar-refractivity contribution in [2.75, 3.05) is 37.6 Å². The average Bonchev–Trinajstić information content (AvgIpc) is 3.10. The summed E-state index contributed by atoms with van der Waals surface area (Å²) in [7, 11) is 0. The second-order valence-corrected chi connectivity index (χ2v) is 5.55. The molecule has 2 amide bonds. The van der Waals surface area contributed by atoms with Gasteiger partial charge in [0.25, 0.3) is 0 Å². The van der Waals surface area contributed by atoms with E-state index in [1.54, 1.807) is 24.9 Å². The van der Waals surface area contributed by atoms with Crippen LogP contribution in [0.15, 0.2) is 24.9 Å². The highest BCUT2D eigenvalue weighted by molar-refractivity contribution is 5.74. The molecule has 0 radical (unpaired) electrons. The Hall–Kier alpha value is -2.71. The predicted octanol–water partition coefficient (Wildman–Crippen LogP) is 0.162. The molecule has 0 saturated carbocycles. The molecule has 1 aliphatic rings. The molecule has 0 spiro atoms. The fraction of sp³-hybridized carbons (Fsp3) is 0.533. The van der Waals surface area contributed by atoms with E-state index in [0.29, 0.717) is 26.1 Å². The number of hydrogen-bond donors (Lipinski definition) is 1. The van der Waals surface area contributed by atoms with E-state index in [1.165, 1.54) is 0 Å². The molecule has 2 aromatic rings. The molecule has 1 saturated heterocycles. The van der Waals surface area contributed by atoms with Crippen molar-refractivity contribution in [3.63, 3.8) is 0 Å². The first-order valence-corrected chi connectivity index (χ1v) is 8.18. The van der Waals surface area contributed by atoms with Crippen LogP contribution < -0.4 is 10.2 Å². The van der Waals surface area contributed by atoms with Crippen LogP contribution in [0.3, 0.4) is 0 Å². The maximum absolute atomic E-state index is 12.2. The first-order valence-electron chi connectivity index (χ1n) is 8.18. The average molecular weight is 330 g/mol. The van der Waals surface area contributed by atoms with Gasteiger partial charge in [0.1, 0.15) is 18.0 Å². The molecule has 2 aromatic heterocycles. The third kappa shape index (κ3) is 3.79. The number of nitrogens with one attached hydrogen (secondary N) is 1. The largest absolute Gasteiger partial charge is 0.352 e. The zero-order valence-electron chi connectivity index (χ0n) is 13.8. The Bertz CT molecular complexity index is 651. The topological polar surface area (TPSA) is 92.1 Å². The minimum absolute atomic E-state index is 0.0311. The molecule has 1 fully saturated rings. The number of aryl methyl sites for hydroxylation is 1. The number of amides is 2. The first-order chi connectivity index (χ1) is 11.8. The van der Waals surface area contributed by atoms with Gasteiger partial charge in [0.05, 0.1) is 6.20 Å². The lowest BCUT2D eigenvalue weighted by Crippen LogP contribution is -2.52. The Balaban J connectivity index is 1.42. The van der Waals surface area contributed by atoms with Gasteiger partial charge in [0.15, 0.2) is 0 Å². The molecule has 0 unspecified atom stereocenters. The minimum Gasteiger partial charge on any atom is -0.352 e. The summed E-state index contributed by atoms with van der Waals surface area (Å²) in [5.41, 5.74) is 0. The second-order valence-electron chi connectivity index (χ2n) is 5.55. The molecule has 1 aliphatic heterocycles. The number of hydrogen-bond acceptors (Lipinski definition) is 6. The summed E-state index contributed by atoms with van der Waals surface area (Å²) in [6.07, 6.45) is 7.48. The number of nitrogens with zero attached hydrogens (tertiary/aromatic N) is 7. The van der Waals surface area contributed by atoms with Crippen molar-refractivity contribution in [1.82, 2.24) is 34.9 Å². The van der Waals surface area contributed by atoms with Gasteiger partial charge in [0.2, 0.25) is 0 Å². The number of carbonyl (C=O) groups excluding carboxylic acids is 1. The van der Waals surface area contributed by atoms with E-state index in [9.17, 15) is 4.79 Å². The fourth-order valence-electron chi connectivity index (χ4n) is 2.72. The van der Waals surface area contributed by atoms with Crippen LogP contribution >= 0.6 is 0 Å². The van der Waals surface area contributed by atoms with Crippen LogP contribution in [-0.4, -0.2) is 68.4 Å². The maximum Gasteiger partial charge on any atom is 0.317 e. The van der Waals surface area contributed by atoms with E-state index < -0.39 is 0 Å². The van der Waals surface area contributed by atoms with Gasteiger partial charge in [-0.05, 0) is 6.92 Å². The van der Waals surface area contributed by atoms with Gasteiger partial charge in [-0.25, -0.2) is 9.78 Å². The van der Waals surface area contributed by atoms with E-state index in [4.69, 9.17) is 0 Å².